The number of ether oxygens (including phenoxy) is 2. The fourth-order valence-electron chi connectivity index (χ4n) is 2.87. The average molecular weight is 297 g/mol. The van der Waals surface area contributed by atoms with E-state index in [1.807, 2.05) is 0 Å². The third kappa shape index (κ3) is 3.06. The van der Waals surface area contributed by atoms with Gasteiger partial charge in [-0.2, -0.15) is 0 Å². The van der Waals surface area contributed by atoms with Crippen molar-refractivity contribution >= 4 is 5.91 Å². The van der Waals surface area contributed by atoms with Crippen molar-refractivity contribution in [1.82, 2.24) is 4.90 Å². The Morgan fingerprint density at radius 3 is 2.76 bits per heavy atom. The summed E-state index contributed by atoms with van der Waals surface area (Å²) in [7, 11) is 0. The second-order valence-corrected chi connectivity index (χ2v) is 5.44. The number of carbonyl (C=O) groups is 1. The first-order valence-corrected chi connectivity index (χ1v) is 7.08. The smallest absolute Gasteiger partial charge is 0.227 e. The number of benzene rings is 1. The molecule has 0 radical (unpaired) electrons. The van der Waals surface area contributed by atoms with E-state index in [2.05, 4.69) is 0 Å². The molecule has 1 amide bonds. The molecule has 0 saturated carbocycles. The second kappa shape index (κ2) is 5.69. The second-order valence-electron chi connectivity index (χ2n) is 5.44. The van der Waals surface area contributed by atoms with E-state index in [4.69, 9.17) is 9.47 Å². The number of piperidine rings is 1. The minimum Gasteiger partial charge on any atom is -0.346 e. The maximum atomic E-state index is 13.6. The Bertz CT molecular complexity index is 544. The summed E-state index contributed by atoms with van der Waals surface area (Å²) < 4.78 is 37.7. The van der Waals surface area contributed by atoms with Gasteiger partial charge in [0.2, 0.25) is 5.91 Å². The Kier molecular flexibility index (Phi) is 3.91. The lowest BCUT2D eigenvalue weighted by Crippen LogP contribution is -2.51. The molecule has 6 heteroatoms. The number of hydrogen-bond acceptors (Lipinski definition) is 3. The van der Waals surface area contributed by atoms with Crippen LogP contribution >= 0.6 is 0 Å². The van der Waals surface area contributed by atoms with Crippen molar-refractivity contribution in [2.75, 3.05) is 26.3 Å². The van der Waals surface area contributed by atoms with Crippen LogP contribution in [0.4, 0.5) is 8.78 Å². The summed E-state index contributed by atoms with van der Waals surface area (Å²) in [6, 6.07) is 3.26. The van der Waals surface area contributed by atoms with Crippen LogP contribution in [0.3, 0.4) is 0 Å². The van der Waals surface area contributed by atoms with Gasteiger partial charge in [0.1, 0.15) is 11.6 Å². The summed E-state index contributed by atoms with van der Waals surface area (Å²) in [5.74, 6) is -2.22. The lowest BCUT2D eigenvalue weighted by Gasteiger charge is -2.38. The van der Waals surface area contributed by atoms with Gasteiger partial charge in [-0.1, -0.05) is 6.07 Å². The standard InChI is InChI=1S/C15H17F2NO3/c16-12-3-2-11(13(17)9-12)8-14(19)18-5-1-4-15(10-18)20-6-7-21-15/h2-3,9H,1,4-8,10H2. The van der Waals surface area contributed by atoms with E-state index in [0.717, 1.165) is 25.0 Å². The highest BCUT2D eigenvalue weighted by molar-refractivity contribution is 5.79. The number of halogens is 2. The van der Waals surface area contributed by atoms with Crippen LogP contribution in [0.5, 0.6) is 0 Å². The van der Waals surface area contributed by atoms with Gasteiger partial charge in [0.05, 0.1) is 26.2 Å². The van der Waals surface area contributed by atoms with Gasteiger partial charge in [-0.05, 0) is 18.1 Å². The number of hydrogen-bond donors (Lipinski definition) is 0. The minimum absolute atomic E-state index is 0.0812. The van der Waals surface area contributed by atoms with Crippen molar-refractivity contribution in [2.24, 2.45) is 0 Å². The summed E-state index contributed by atoms with van der Waals surface area (Å²) in [6.45, 7) is 2.05. The summed E-state index contributed by atoms with van der Waals surface area (Å²) in [5, 5.41) is 0. The molecule has 1 spiro atoms. The normalized spacial score (nSPS) is 21.0. The molecule has 0 unspecified atom stereocenters. The van der Waals surface area contributed by atoms with Crippen LogP contribution in [0, 0.1) is 11.6 Å². The lowest BCUT2D eigenvalue weighted by atomic mass is 10.0. The van der Waals surface area contributed by atoms with Gasteiger partial charge in [0, 0.05) is 19.0 Å². The third-order valence-electron chi connectivity index (χ3n) is 3.94. The number of rotatable bonds is 2. The lowest BCUT2D eigenvalue weighted by molar-refractivity contribution is -0.192. The van der Waals surface area contributed by atoms with Crippen LogP contribution in [-0.2, 0) is 20.7 Å². The van der Waals surface area contributed by atoms with Crippen molar-refractivity contribution in [3.63, 3.8) is 0 Å². The zero-order chi connectivity index (χ0) is 14.9. The first-order chi connectivity index (χ1) is 10.1. The van der Waals surface area contributed by atoms with E-state index in [0.29, 0.717) is 26.3 Å². The Labute approximate surface area is 121 Å². The van der Waals surface area contributed by atoms with Crippen LogP contribution < -0.4 is 0 Å². The van der Waals surface area contributed by atoms with E-state index in [9.17, 15) is 13.6 Å². The number of nitrogens with zero attached hydrogens (tertiary/aromatic N) is 1. The first-order valence-electron chi connectivity index (χ1n) is 7.08. The predicted octanol–water partition coefficient (Wildman–Crippen LogP) is 1.87. The third-order valence-corrected chi connectivity index (χ3v) is 3.94. The number of amides is 1. The molecule has 4 nitrogen and oxygen atoms in total. The summed E-state index contributed by atoms with van der Waals surface area (Å²) in [5.41, 5.74) is 0.203. The maximum absolute atomic E-state index is 13.6. The fraction of sp³-hybridized carbons (Fsp3) is 0.533. The highest BCUT2D eigenvalue weighted by Crippen LogP contribution is 2.30. The van der Waals surface area contributed by atoms with Crippen LogP contribution in [0.2, 0.25) is 0 Å². The van der Waals surface area contributed by atoms with Crippen molar-refractivity contribution in [2.45, 2.75) is 25.0 Å². The zero-order valence-corrected chi connectivity index (χ0v) is 11.6. The number of carbonyl (C=O) groups excluding carboxylic acids is 1. The molecule has 2 aliphatic heterocycles. The van der Waals surface area contributed by atoms with Crippen LogP contribution in [0.15, 0.2) is 18.2 Å². The summed E-state index contributed by atoms with van der Waals surface area (Å²) in [6.07, 6.45) is 1.47. The topological polar surface area (TPSA) is 38.8 Å². The molecule has 2 fully saturated rings. The van der Waals surface area contributed by atoms with Gasteiger partial charge in [0.15, 0.2) is 5.79 Å². The molecule has 0 N–H and O–H groups in total. The Morgan fingerprint density at radius 2 is 2.05 bits per heavy atom. The molecule has 2 aliphatic rings. The van der Waals surface area contributed by atoms with E-state index >= 15 is 0 Å². The van der Waals surface area contributed by atoms with E-state index in [1.165, 1.54) is 6.07 Å². The molecule has 0 atom stereocenters. The quantitative estimate of drug-likeness (QED) is 0.836. The van der Waals surface area contributed by atoms with Crippen molar-refractivity contribution < 1.29 is 23.0 Å². The van der Waals surface area contributed by atoms with Crippen LogP contribution in [0.25, 0.3) is 0 Å². The molecule has 2 saturated heterocycles. The van der Waals surface area contributed by atoms with Crippen molar-refractivity contribution in [3.8, 4) is 0 Å². The summed E-state index contributed by atoms with van der Waals surface area (Å²) in [4.78, 5) is 13.9. The Morgan fingerprint density at radius 1 is 1.29 bits per heavy atom. The molecule has 21 heavy (non-hydrogen) atoms. The molecule has 114 valence electrons. The molecule has 0 bridgehead atoms. The van der Waals surface area contributed by atoms with E-state index < -0.39 is 17.4 Å². The van der Waals surface area contributed by atoms with Gasteiger partial charge in [-0.15, -0.1) is 0 Å². The van der Waals surface area contributed by atoms with Gasteiger partial charge in [0.25, 0.3) is 0 Å². The highest BCUT2D eigenvalue weighted by Gasteiger charge is 2.41. The summed E-state index contributed by atoms with van der Waals surface area (Å²) >= 11 is 0. The molecule has 3 rings (SSSR count). The van der Waals surface area contributed by atoms with Crippen molar-refractivity contribution in [3.05, 3.63) is 35.4 Å². The molecular formula is C15H17F2NO3. The Balaban J connectivity index is 1.67. The van der Waals surface area contributed by atoms with Crippen LogP contribution in [0.1, 0.15) is 18.4 Å². The molecule has 0 aromatic heterocycles. The van der Waals surface area contributed by atoms with E-state index in [-0.39, 0.29) is 17.9 Å². The van der Waals surface area contributed by atoms with Gasteiger partial charge in [-0.25, -0.2) is 8.78 Å². The monoisotopic (exact) mass is 297 g/mol. The fourth-order valence-corrected chi connectivity index (χ4v) is 2.87. The highest BCUT2D eigenvalue weighted by atomic mass is 19.1. The van der Waals surface area contributed by atoms with Gasteiger partial charge < -0.3 is 14.4 Å². The van der Waals surface area contributed by atoms with E-state index in [1.54, 1.807) is 4.90 Å². The Hall–Kier alpha value is -1.53. The van der Waals surface area contributed by atoms with Crippen molar-refractivity contribution in [1.29, 1.82) is 0 Å². The molecule has 2 heterocycles. The molecule has 1 aromatic rings. The number of likely N-dealkylation sites (tertiary alicyclic amines) is 1. The SMILES string of the molecule is O=C(Cc1ccc(F)cc1F)N1CCCC2(C1)OCCO2. The predicted molar refractivity (Wildman–Crippen MR) is 70.5 cm³/mol. The zero-order valence-electron chi connectivity index (χ0n) is 11.6. The molecule has 1 aromatic carbocycles. The van der Waals surface area contributed by atoms with Crippen LogP contribution in [-0.4, -0.2) is 42.9 Å². The minimum atomic E-state index is -0.691. The molecule has 0 aliphatic carbocycles. The maximum Gasteiger partial charge on any atom is 0.227 e. The first kappa shape index (κ1) is 14.4. The van der Waals surface area contributed by atoms with Gasteiger partial charge in [-0.3, -0.25) is 4.79 Å². The largest absolute Gasteiger partial charge is 0.346 e. The molecular weight excluding hydrogens is 280 g/mol. The average Bonchev–Trinajstić information content (AvgIpc) is 2.90. The van der Waals surface area contributed by atoms with Gasteiger partial charge >= 0.3 is 0 Å².